The smallest absolute Gasteiger partial charge is 0.334 e. The van der Waals surface area contributed by atoms with Crippen LogP contribution in [0.3, 0.4) is 0 Å². The van der Waals surface area contributed by atoms with E-state index in [1.165, 1.54) is 39.8 Å². The van der Waals surface area contributed by atoms with Crippen LogP contribution in [0.15, 0.2) is 102 Å². The fourth-order valence-electron chi connectivity index (χ4n) is 4.56. The molecule has 6 nitrogen and oxygen atoms in total. The molecule has 2 unspecified atom stereocenters. The summed E-state index contributed by atoms with van der Waals surface area (Å²) >= 11 is 2.73. The molecule has 0 saturated carbocycles. The van der Waals surface area contributed by atoms with Crippen molar-refractivity contribution in [3.8, 4) is 0 Å². The van der Waals surface area contributed by atoms with Crippen molar-refractivity contribution in [2.45, 2.75) is 30.5 Å². The molecule has 182 valence electrons. The quantitative estimate of drug-likeness (QED) is 0.335. The van der Waals surface area contributed by atoms with E-state index in [4.69, 9.17) is 4.74 Å². The summed E-state index contributed by atoms with van der Waals surface area (Å²) in [5, 5.41) is 2.07. The number of carbonyl (C=O) groups excluding carboxylic acids is 3. The number of hydrogen-bond donors (Lipinski definition) is 0. The normalized spacial score (nSPS) is 21.1. The third-order valence-corrected chi connectivity index (χ3v) is 8.44. The van der Waals surface area contributed by atoms with E-state index in [0.717, 1.165) is 11.1 Å². The van der Waals surface area contributed by atoms with Gasteiger partial charge in [-0.25, -0.2) is 4.79 Å². The number of thioether (sulfide) groups is 1. The van der Waals surface area contributed by atoms with Crippen LogP contribution >= 0.6 is 23.1 Å². The number of β-lactam (4-membered cyclic amide) rings is 1. The van der Waals surface area contributed by atoms with E-state index >= 15 is 0 Å². The van der Waals surface area contributed by atoms with E-state index in [1.807, 2.05) is 72.1 Å². The van der Waals surface area contributed by atoms with Gasteiger partial charge < -0.3 is 9.64 Å². The monoisotopic (exact) mass is 516 g/mol. The maximum atomic E-state index is 13.7. The molecule has 3 aromatic rings. The average Bonchev–Trinajstić information content (AvgIpc) is 3.42. The Bertz CT molecular complexity index is 1280. The molecule has 0 spiro atoms. The third kappa shape index (κ3) is 4.16. The van der Waals surface area contributed by atoms with E-state index in [1.54, 1.807) is 6.07 Å². The van der Waals surface area contributed by atoms with Gasteiger partial charge in [0.2, 0.25) is 5.91 Å². The van der Waals surface area contributed by atoms with Gasteiger partial charge in [0, 0.05) is 11.8 Å². The summed E-state index contributed by atoms with van der Waals surface area (Å²) in [4.78, 5) is 43.3. The van der Waals surface area contributed by atoms with Crippen LogP contribution in [0.1, 0.15) is 24.2 Å². The Morgan fingerprint density at radius 3 is 2.11 bits per heavy atom. The SMILES string of the molecule is C=C1S[C@@H]2C(N(C(C)=O)c3cccs3)C(=O)N2C(C(=O)OC(c2ccccc2)c2ccccc2)C1=C. The second-order valence-electron chi connectivity index (χ2n) is 8.53. The van der Waals surface area contributed by atoms with Crippen LogP contribution in [0.4, 0.5) is 5.00 Å². The first-order valence-electron chi connectivity index (χ1n) is 11.4. The van der Waals surface area contributed by atoms with Crippen LogP contribution in [-0.4, -0.2) is 40.1 Å². The van der Waals surface area contributed by atoms with Gasteiger partial charge in [0.1, 0.15) is 11.4 Å². The second-order valence-corrected chi connectivity index (χ2v) is 10.7. The minimum absolute atomic E-state index is 0.238. The Morgan fingerprint density at radius 1 is 0.972 bits per heavy atom. The maximum Gasteiger partial charge on any atom is 0.334 e. The first-order chi connectivity index (χ1) is 17.4. The summed E-state index contributed by atoms with van der Waals surface area (Å²) in [7, 11) is 0. The van der Waals surface area contributed by atoms with Crippen molar-refractivity contribution in [3.63, 3.8) is 0 Å². The van der Waals surface area contributed by atoms with Crippen LogP contribution in [-0.2, 0) is 19.1 Å². The molecule has 3 heterocycles. The number of amides is 2. The molecular weight excluding hydrogens is 492 g/mol. The number of anilines is 1. The van der Waals surface area contributed by atoms with Crippen LogP contribution in [0, 0.1) is 0 Å². The van der Waals surface area contributed by atoms with Crippen molar-refractivity contribution in [2.24, 2.45) is 0 Å². The zero-order valence-corrected chi connectivity index (χ0v) is 21.2. The van der Waals surface area contributed by atoms with Crippen molar-refractivity contribution in [3.05, 3.63) is 113 Å². The zero-order valence-electron chi connectivity index (χ0n) is 19.6. The van der Waals surface area contributed by atoms with E-state index in [2.05, 4.69) is 13.2 Å². The lowest BCUT2D eigenvalue weighted by atomic mass is 9.96. The molecule has 3 atom stereocenters. The molecule has 2 aromatic carbocycles. The minimum atomic E-state index is -1.01. The van der Waals surface area contributed by atoms with Crippen molar-refractivity contribution in [2.75, 3.05) is 4.90 Å². The number of benzene rings is 2. The van der Waals surface area contributed by atoms with Crippen LogP contribution < -0.4 is 4.90 Å². The standard InChI is InChI=1S/C28H24N2O4S2/c1-17-18(2)36-27-24(29(19(3)31)22-15-10-16-35-22)26(32)30(27)23(17)28(33)34-25(20-11-6-4-7-12-20)21-13-8-5-9-14-21/h4-16,23-25,27H,1-2H2,3H3/t23?,24?,27-/m1/s1. The number of nitrogens with zero attached hydrogens (tertiary/aromatic N) is 2. The molecule has 2 amide bonds. The highest BCUT2D eigenvalue weighted by molar-refractivity contribution is 8.04. The van der Waals surface area contributed by atoms with E-state index in [0.29, 0.717) is 15.5 Å². The highest BCUT2D eigenvalue weighted by atomic mass is 32.2. The van der Waals surface area contributed by atoms with Gasteiger partial charge >= 0.3 is 5.97 Å². The van der Waals surface area contributed by atoms with Gasteiger partial charge in [-0.15, -0.1) is 11.3 Å². The third-order valence-electron chi connectivity index (χ3n) is 6.30. The molecule has 0 radical (unpaired) electrons. The number of carbonyl (C=O) groups is 3. The molecule has 1 aromatic heterocycles. The predicted octanol–water partition coefficient (Wildman–Crippen LogP) is 5.16. The van der Waals surface area contributed by atoms with Crippen molar-refractivity contribution in [1.82, 2.24) is 4.90 Å². The first-order valence-corrected chi connectivity index (χ1v) is 13.1. The molecule has 5 rings (SSSR count). The van der Waals surface area contributed by atoms with Crippen molar-refractivity contribution < 1.29 is 19.1 Å². The number of esters is 1. The number of ether oxygens (including phenoxy) is 1. The number of hydrogen-bond acceptors (Lipinski definition) is 6. The predicted molar refractivity (Wildman–Crippen MR) is 142 cm³/mol. The number of rotatable bonds is 6. The Kier molecular flexibility index (Phi) is 6.55. The number of thiophene rings is 1. The molecule has 0 aliphatic carbocycles. The van der Waals surface area contributed by atoms with Gasteiger partial charge in [0.15, 0.2) is 12.1 Å². The molecule has 0 bridgehead atoms. The van der Waals surface area contributed by atoms with E-state index in [-0.39, 0.29) is 11.8 Å². The lowest BCUT2D eigenvalue weighted by Crippen LogP contribution is -2.75. The fourth-order valence-corrected chi connectivity index (χ4v) is 6.63. The van der Waals surface area contributed by atoms with Gasteiger partial charge in [0.05, 0.1) is 5.00 Å². The summed E-state index contributed by atoms with van der Waals surface area (Å²) in [6.07, 6.45) is -0.652. The summed E-state index contributed by atoms with van der Waals surface area (Å²) in [5.41, 5.74) is 2.06. The zero-order chi connectivity index (χ0) is 25.4. The largest absolute Gasteiger partial charge is 0.451 e. The lowest BCUT2D eigenvalue weighted by molar-refractivity contribution is -0.164. The molecule has 8 heteroatoms. The summed E-state index contributed by atoms with van der Waals surface area (Å²) in [6.45, 7) is 9.59. The van der Waals surface area contributed by atoms with Gasteiger partial charge in [-0.3, -0.25) is 14.5 Å². The average molecular weight is 517 g/mol. The van der Waals surface area contributed by atoms with Crippen LogP contribution in [0.25, 0.3) is 0 Å². The van der Waals surface area contributed by atoms with Crippen LogP contribution in [0.2, 0.25) is 0 Å². The van der Waals surface area contributed by atoms with Crippen molar-refractivity contribution in [1.29, 1.82) is 0 Å². The molecule has 2 saturated heterocycles. The van der Waals surface area contributed by atoms with Gasteiger partial charge in [-0.1, -0.05) is 85.6 Å². The molecule has 2 aliphatic rings. The topological polar surface area (TPSA) is 66.9 Å². The first kappa shape index (κ1) is 24.1. The lowest BCUT2D eigenvalue weighted by Gasteiger charge is -2.55. The summed E-state index contributed by atoms with van der Waals surface area (Å²) < 4.78 is 6.07. The molecule has 2 fully saturated rings. The molecule has 0 N–H and O–H groups in total. The van der Waals surface area contributed by atoms with E-state index in [9.17, 15) is 14.4 Å². The van der Waals surface area contributed by atoms with Crippen LogP contribution in [0.5, 0.6) is 0 Å². The number of fused-ring (bicyclic) bond motifs is 1. The molecule has 36 heavy (non-hydrogen) atoms. The van der Waals surface area contributed by atoms with Gasteiger partial charge in [-0.05, 0) is 34.2 Å². The Morgan fingerprint density at radius 2 is 1.58 bits per heavy atom. The van der Waals surface area contributed by atoms with Crippen molar-refractivity contribution >= 4 is 45.9 Å². The maximum absolute atomic E-state index is 13.7. The minimum Gasteiger partial charge on any atom is -0.451 e. The Hall–Kier alpha value is -3.62. The molecule has 2 aliphatic heterocycles. The highest BCUT2D eigenvalue weighted by Crippen LogP contribution is 2.49. The summed E-state index contributed by atoms with van der Waals surface area (Å²) in [5.74, 6) is -1.14. The fraction of sp³-hybridized carbons (Fsp3) is 0.179. The molecular formula is C28H24N2O4S2. The summed E-state index contributed by atoms with van der Waals surface area (Å²) in [6, 6.07) is 20.8. The highest BCUT2D eigenvalue weighted by Gasteiger charge is 2.60. The second kappa shape index (κ2) is 9.79. The van der Waals surface area contributed by atoms with Gasteiger partial charge in [0.25, 0.3) is 5.91 Å². The van der Waals surface area contributed by atoms with Gasteiger partial charge in [-0.2, -0.15) is 0 Å². The Labute approximate surface area is 217 Å². The van der Waals surface area contributed by atoms with E-state index < -0.39 is 29.5 Å². The Balaban J connectivity index is 1.45.